The molecule has 0 aliphatic carbocycles. The molecule has 18 heavy (non-hydrogen) atoms. The van der Waals surface area contributed by atoms with Gasteiger partial charge in [-0.15, -0.1) is 0 Å². The monoisotopic (exact) mass is 253 g/mol. The van der Waals surface area contributed by atoms with E-state index >= 15 is 0 Å². The third-order valence-corrected chi connectivity index (χ3v) is 2.86. The molecule has 1 fully saturated rings. The molecule has 1 saturated heterocycles. The Morgan fingerprint density at radius 1 is 1.61 bits per heavy atom. The number of aryl methyl sites for hydroxylation is 1. The Bertz CT molecular complexity index is 451. The van der Waals surface area contributed by atoms with Crippen LogP contribution in [0.25, 0.3) is 0 Å². The van der Waals surface area contributed by atoms with E-state index in [2.05, 4.69) is 10.3 Å². The number of carboxylic acids is 1. The summed E-state index contributed by atoms with van der Waals surface area (Å²) in [6.07, 6.45) is 2.39. The SMILES string of the molecule is CCc1cnc(CNC(=O)N2CC(C(=O)O)C2)o1. The average molecular weight is 253 g/mol. The number of amides is 2. The van der Waals surface area contributed by atoms with Gasteiger partial charge in [-0.1, -0.05) is 6.92 Å². The van der Waals surface area contributed by atoms with Crippen molar-refractivity contribution in [2.45, 2.75) is 19.9 Å². The molecule has 7 nitrogen and oxygen atoms in total. The maximum absolute atomic E-state index is 11.6. The Morgan fingerprint density at radius 3 is 2.89 bits per heavy atom. The largest absolute Gasteiger partial charge is 0.481 e. The van der Waals surface area contributed by atoms with Gasteiger partial charge in [0.2, 0.25) is 5.89 Å². The number of carbonyl (C=O) groups is 2. The molecule has 2 N–H and O–H groups in total. The number of oxazole rings is 1. The van der Waals surface area contributed by atoms with E-state index in [-0.39, 0.29) is 25.7 Å². The van der Waals surface area contributed by atoms with Crippen molar-refractivity contribution in [1.82, 2.24) is 15.2 Å². The van der Waals surface area contributed by atoms with Gasteiger partial charge >= 0.3 is 12.0 Å². The summed E-state index contributed by atoms with van der Waals surface area (Å²) >= 11 is 0. The van der Waals surface area contributed by atoms with E-state index in [1.165, 1.54) is 4.90 Å². The highest BCUT2D eigenvalue weighted by atomic mass is 16.4. The number of likely N-dealkylation sites (tertiary alicyclic amines) is 1. The van der Waals surface area contributed by atoms with Crippen molar-refractivity contribution in [2.24, 2.45) is 5.92 Å². The number of hydrogen-bond acceptors (Lipinski definition) is 4. The van der Waals surface area contributed by atoms with Crippen molar-refractivity contribution in [3.05, 3.63) is 17.8 Å². The molecule has 2 rings (SSSR count). The van der Waals surface area contributed by atoms with Crippen molar-refractivity contribution in [1.29, 1.82) is 0 Å². The molecule has 2 heterocycles. The smallest absolute Gasteiger partial charge is 0.317 e. The van der Waals surface area contributed by atoms with Crippen LogP contribution < -0.4 is 5.32 Å². The highest BCUT2D eigenvalue weighted by Gasteiger charge is 2.35. The van der Waals surface area contributed by atoms with Crippen LogP contribution in [0.15, 0.2) is 10.6 Å². The minimum absolute atomic E-state index is 0.215. The Labute approximate surface area is 104 Å². The van der Waals surface area contributed by atoms with E-state index in [0.29, 0.717) is 5.89 Å². The number of carbonyl (C=O) groups excluding carboxylic acids is 1. The first-order valence-corrected chi connectivity index (χ1v) is 5.79. The summed E-state index contributed by atoms with van der Waals surface area (Å²) < 4.78 is 5.34. The van der Waals surface area contributed by atoms with E-state index in [9.17, 15) is 9.59 Å². The van der Waals surface area contributed by atoms with Crippen LogP contribution in [-0.2, 0) is 17.8 Å². The van der Waals surface area contributed by atoms with Crippen LogP contribution in [0.4, 0.5) is 4.79 Å². The summed E-state index contributed by atoms with van der Waals surface area (Å²) in [6, 6.07) is -0.288. The zero-order valence-corrected chi connectivity index (χ0v) is 10.0. The van der Waals surface area contributed by atoms with Gasteiger partial charge in [-0.2, -0.15) is 0 Å². The van der Waals surface area contributed by atoms with Crippen molar-refractivity contribution in [3.63, 3.8) is 0 Å². The maximum atomic E-state index is 11.6. The lowest BCUT2D eigenvalue weighted by molar-refractivity contribution is -0.146. The summed E-state index contributed by atoms with van der Waals surface area (Å²) in [5, 5.41) is 11.3. The van der Waals surface area contributed by atoms with Crippen LogP contribution in [0, 0.1) is 5.92 Å². The molecule has 1 aliphatic rings. The predicted octanol–water partition coefficient (Wildman–Crippen LogP) is 0.463. The van der Waals surface area contributed by atoms with Crippen LogP contribution in [0.3, 0.4) is 0 Å². The quantitative estimate of drug-likeness (QED) is 0.812. The molecule has 7 heteroatoms. The second-order valence-corrected chi connectivity index (χ2v) is 4.17. The Morgan fingerprint density at radius 2 is 2.33 bits per heavy atom. The van der Waals surface area contributed by atoms with Crippen molar-refractivity contribution >= 4 is 12.0 Å². The van der Waals surface area contributed by atoms with E-state index in [1.54, 1.807) is 6.20 Å². The molecule has 0 saturated carbocycles. The first-order chi connectivity index (χ1) is 8.60. The highest BCUT2D eigenvalue weighted by Crippen LogP contribution is 2.15. The molecule has 1 aliphatic heterocycles. The normalized spacial score (nSPS) is 15.3. The fourth-order valence-corrected chi connectivity index (χ4v) is 1.66. The first kappa shape index (κ1) is 12.4. The standard InChI is InChI=1S/C11H15N3O4/c1-2-8-3-12-9(18-8)4-13-11(17)14-5-7(6-14)10(15)16/h3,7H,2,4-6H2,1H3,(H,13,17)(H,15,16). The summed E-state index contributed by atoms with van der Waals surface area (Å²) in [5.41, 5.74) is 0. The topological polar surface area (TPSA) is 95.7 Å². The summed E-state index contributed by atoms with van der Waals surface area (Å²) in [7, 11) is 0. The molecule has 0 unspecified atom stereocenters. The maximum Gasteiger partial charge on any atom is 0.317 e. The van der Waals surface area contributed by atoms with Crippen LogP contribution in [0.1, 0.15) is 18.6 Å². The molecule has 1 aromatic heterocycles. The fourth-order valence-electron chi connectivity index (χ4n) is 1.66. The molecular weight excluding hydrogens is 238 g/mol. The van der Waals surface area contributed by atoms with E-state index < -0.39 is 11.9 Å². The average Bonchev–Trinajstić information content (AvgIpc) is 2.71. The number of hydrogen-bond donors (Lipinski definition) is 2. The number of aromatic nitrogens is 1. The van der Waals surface area contributed by atoms with Crippen molar-refractivity contribution < 1.29 is 19.1 Å². The number of nitrogens with one attached hydrogen (secondary N) is 1. The number of aliphatic carboxylic acids is 1. The Hall–Kier alpha value is -2.05. The van der Waals surface area contributed by atoms with Gasteiger partial charge in [0.25, 0.3) is 0 Å². The molecular formula is C11H15N3O4. The van der Waals surface area contributed by atoms with Gasteiger partial charge in [0, 0.05) is 19.5 Å². The third kappa shape index (κ3) is 2.61. The van der Waals surface area contributed by atoms with E-state index in [4.69, 9.17) is 9.52 Å². The zero-order chi connectivity index (χ0) is 13.1. The number of nitrogens with zero attached hydrogens (tertiary/aromatic N) is 2. The molecule has 0 atom stereocenters. The first-order valence-electron chi connectivity index (χ1n) is 5.79. The number of urea groups is 1. The molecule has 98 valence electrons. The number of carboxylic acid groups (broad SMARTS) is 1. The van der Waals surface area contributed by atoms with Gasteiger partial charge in [0.05, 0.1) is 18.7 Å². The Kier molecular flexibility index (Phi) is 3.50. The second-order valence-electron chi connectivity index (χ2n) is 4.17. The summed E-state index contributed by atoms with van der Waals surface area (Å²) in [6.45, 7) is 2.68. The highest BCUT2D eigenvalue weighted by molar-refractivity contribution is 5.79. The van der Waals surface area contributed by atoms with Crippen molar-refractivity contribution in [3.8, 4) is 0 Å². The van der Waals surface area contributed by atoms with Crippen LogP contribution in [0.2, 0.25) is 0 Å². The van der Waals surface area contributed by atoms with E-state index in [1.807, 2.05) is 6.92 Å². The molecule has 2 amide bonds. The van der Waals surface area contributed by atoms with Gasteiger partial charge in [0.15, 0.2) is 0 Å². The Balaban J connectivity index is 1.74. The molecule has 1 aromatic rings. The van der Waals surface area contributed by atoms with E-state index in [0.717, 1.165) is 12.2 Å². The van der Waals surface area contributed by atoms with Crippen LogP contribution >= 0.6 is 0 Å². The van der Waals surface area contributed by atoms with Gasteiger partial charge < -0.3 is 19.7 Å². The van der Waals surface area contributed by atoms with Gasteiger partial charge in [-0.05, 0) is 0 Å². The molecule has 0 bridgehead atoms. The minimum atomic E-state index is -0.862. The second kappa shape index (κ2) is 5.07. The summed E-state index contributed by atoms with van der Waals surface area (Å²) in [5.74, 6) is -0.0758. The minimum Gasteiger partial charge on any atom is -0.481 e. The third-order valence-electron chi connectivity index (χ3n) is 2.86. The summed E-state index contributed by atoms with van der Waals surface area (Å²) in [4.78, 5) is 27.6. The number of rotatable bonds is 4. The lowest BCUT2D eigenvalue weighted by Gasteiger charge is -2.36. The lowest BCUT2D eigenvalue weighted by Crippen LogP contribution is -2.56. The van der Waals surface area contributed by atoms with Crippen LogP contribution in [0.5, 0.6) is 0 Å². The van der Waals surface area contributed by atoms with Gasteiger partial charge in [0.1, 0.15) is 5.76 Å². The zero-order valence-electron chi connectivity index (χ0n) is 10.0. The van der Waals surface area contributed by atoms with Crippen molar-refractivity contribution in [2.75, 3.05) is 13.1 Å². The molecule has 0 spiro atoms. The predicted molar refractivity (Wildman–Crippen MR) is 60.8 cm³/mol. The van der Waals surface area contributed by atoms with Gasteiger partial charge in [-0.3, -0.25) is 4.79 Å². The van der Waals surface area contributed by atoms with Crippen LogP contribution in [-0.4, -0.2) is 40.1 Å². The molecule has 0 aromatic carbocycles. The molecule has 0 radical (unpaired) electrons. The van der Waals surface area contributed by atoms with Gasteiger partial charge in [-0.25, -0.2) is 9.78 Å². The fraction of sp³-hybridized carbons (Fsp3) is 0.545. The lowest BCUT2D eigenvalue weighted by atomic mass is 10.0.